The van der Waals surface area contributed by atoms with Crippen LogP contribution >= 0.6 is 0 Å². The van der Waals surface area contributed by atoms with E-state index in [4.69, 9.17) is 0 Å². The van der Waals surface area contributed by atoms with Gasteiger partial charge in [0.05, 0.1) is 5.82 Å². The number of nitrogens with zero attached hydrogens (tertiary/aromatic N) is 4. The molecule has 0 atom stereocenters. The van der Waals surface area contributed by atoms with Crippen LogP contribution in [0.4, 0.5) is 5.95 Å². The Morgan fingerprint density at radius 1 is 1.31 bits per heavy atom. The van der Waals surface area contributed by atoms with Crippen LogP contribution in [0.15, 0.2) is 24.3 Å². The summed E-state index contributed by atoms with van der Waals surface area (Å²) in [5.74, 6) is 1.55. The molecule has 2 aromatic rings. The molecule has 1 heterocycles. The molecule has 0 aliphatic heterocycles. The second-order valence-electron chi connectivity index (χ2n) is 3.53. The van der Waals surface area contributed by atoms with Crippen molar-refractivity contribution < 1.29 is 20.1 Å². The number of benzene rings is 1. The van der Waals surface area contributed by atoms with Crippen LogP contribution in [-0.2, 0) is 27.2 Å². The van der Waals surface area contributed by atoms with Crippen molar-refractivity contribution in [2.24, 2.45) is 7.05 Å². The molecular weight excluding hydrogens is 380 g/mol. The van der Waals surface area contributed by atoms with E-state index in [2.05, 4.69) is 16.1 Å². The van der Waals surface area contributed by atoms with Crippen molar-refractivity contribution in [1.29, 1.82) is 0 Å². The molecule has 0 aliphatic rings. The zero-order valence-corrected chi connectivity index (χ0v) is 11.8. The van der Waals surface area contributed by atoms with Crippen LogP contribution in [0.2, 0.25) is 0 Å². The number of hydrogen-bond donors (Lipinski definition) is 0. The van der Waals surface area contributed by atoms with Crippen molar-refractivity contribution in [3.8, 4) is 11.4 Å². The molecule has 1 radical (unpaired) electrons. The zero-order chi connectivity index (χ0) is 10.8. The Hall–Kier alpha value is -1.19. The fraction of sp³-hybridized carbons (Fsp3) is 0.273. The van der Waals surface area contributed by atoms with Crippen molar-refractivity contribution >= 4 is 5.95 Å². The van der Waals surface area contributed by atoms with Gasteiger partial charge < -0.3 is 4.90 Å². The first-order chi connectivity index (χ1) is 7.18. The third-order valence-electron chi connectivity index (χ3n) is 2.10. The van der Waals surface area contributed by atoms with Gasteiger partial charge in [-0.3, -0.25) is 4.68 Å². The van der Waals surface area contributed by atoms with Crippen LogP contribution in [0.1, 0.15) is 0 Å². The largest absolute Gasteiger partial charge is 0.346 e. The Kier molecular flexibility index (Phi) is 4.21. The molecule has 16 heavy (non-hydrogen) atoms. The minimum atomic E-state index is 0. The summed E-state index contributed by atoms with van der Waals surface area (Å²) in [4.78, 5) is 6.31. The molecule has 1 aromatic heterocycles. The molecule has 0 spiro atoms. The molecule has 0 unspecified atom stereocenters. The molecule has 2 rings (SSSR count). The zero-order valence-electron chi connectivity index (χ0n) is 9.43. The summed E-state index contributed by atoms with van der Waals surface area (Å²) in [6.45, 7) is 0. The van der Waals surface area contributed by atoms with Crippen LogP contribution in [0.3, 0.4) is 0 Å². The molecule has 87 valence electrons. The first kappa shape index (κ1) is 12.9. The summed E-state index contributed by atoms with van der Waals surface area (Å²) >= 11 is 0. The van der Waals surface area contributed by atoms with E-state index in [0.29, 0.717) is 5.95 Å². The van der Waals surface area contributed by atoms with Gasteiger partial charge >= 0.3 is 0 Å². The second kappa shape index (κ2) is 5.23. The second-order valence-corrected chi connectivity index (χ2v) is 3.53. The van der Waals surface area contributed by atoms with E-state index in [-0.39, 0.29) is 20.1 Å². The van der Waals surface area contributed by atoms with Gasteiger partial charge in [0.15, 0.2) is 0 Å². The van der Waals surface area contributed by atoms with Crippen LogP contribution in [0.25, 0.3) is 11.4 Å². The normalized spacial score (nSPS) is 9.69. The van der Waals surface area contributed by atoms with E-state index < -0.39 is 0 Å². The minimum absolute atomic E-state index is 0. The van der Waals surface area contributed by atoms with Crippen molar-refractivity contribution in [2.75, 3.05) is 19.0 Å². The molecule has 0 fully saturated rings. The number of anilines is 1. The summed E-state index contributed by atoms with van der Waals surface area (Å²) < 4.78 is 1.77. The topological polar surface area (TPSA) is 34.0 Å². The fourth-order valence-corrected chi connectivity index (χ4v) is 1.33. The van der Waals surface area contributed by atoms with E-state index in [1.807, 2.05) is 50.3 Å². The average Bonchev–Trinajstić information content (AvgIpc) is 2.62. The van der Waals surface area contributed by atoms with Gasteiger partial charge in [0.1, 0.15) is 0 Å². The molecule has 0 saturated carbocycles. The van der Waals surface area contributed by atoms with Crippen molar-refractivity contribution in [1.82, 2.24) is 14.8 Å². The number of aromatic nitrogens is 3. The van der Waals surface area contributed by atoms with Crippen molar-refractivity contribution in [3.05, 3.63) is 30.3 Å². The first-order valence-corrected chi connectivity index (χ1v) is 4.74. The van der Waals surface area contributed by atoms with Gasteiger partial charge in [-0.05, 0) is 0 Å². The molecule has 0 saturated heterocycles. The van der Waals surface area contributed by atoms with E-state index in [1.54, 1.807) is 4.68 Å². The van der Waals surface area contributed by atoms with Gasteiger partial charge in [-0.1, -0.05) is 0 Å². The Morgan fingerprint density at radius 2 is 2.06 bits per heavy atom. The van der Waals surface area contributed by atoms with E-state index in [0.717, 1.165) is 11.4 Å². The maximum atomic E-state index is 4.43. The molecular formula is C11H13IrN4-. The number of aryl methyl sites for hydroxylation is 1. The maximum absolute atomic E-state index is 4.43. The van der Waals surface area contributed by atoms with Crippen LogP contribution in [-0.4, -0.2) is 28.9 Å². The molecule has 0 N–H and O–H groups in total. The van der Waals surface area contributed by atoms with Crippen molar-refractivity contribution in [2.45, 2.75) is 0 Å². The van der Waals surface area contributed by atoms with Gasteiger partial charge in [0.25, 0.3) is 0 Å². The smallest absolute Gasteiger partial charge is 0.234 e. The summed E-state index contributed by atoms with van der Waals surface area (Å²) in [6, 6.07) is 10.9. The molecule has 1 aromatic carbocycles. The molecule has 5 heteroatoms. The SMILES string of the molecule is CN(C)c1nc(-c2[c-]cccc2)n(C)n1.[Ir]. The number of hydrogen-bond acceptors (Lipinski definition) is 3. The fourth-order valence-electron chi connectivity index (χ4n) is 1.33. The third-order valence-corrected chi connectivity index (χ3v) is 2.10. The van der Waals surface area contributed by atoms with E-state index in [9.17, 15) is 0 Å². The Labute approximate surface area is 109 Å². The van der Waals surface area contributed by atoms with Gasteiger partial charge in [0, 0.05) is 41.2 Å². The summed E-state index contributed by atoms with van der Waals surface area (Å²) in [6.07, 6.45) is 0. The van der Waals surface area contributed by atoms with Gasteiger partial charge in [-0.15, -0.1) is 41.0 Å². The number of rotatable bonds is 2. The van der Waals surface area contributed by atoms with Crippen LogP contribution in [0, 0.1) is 6.07 Å². The van der Waals surface area contributed by atoms with E-state index in [1.165, 1.54) is 0 Å². The Morgan fingerprint density at radius 3 is 2.56 bits per heavy atom. The Bertz CT molecular complexity index is 450. The maximum Gasteiger partial charge on any atom is 0.234 e. The van der Waals surface area contributed by atoms with Crippen LogP contribution in [0.5, 0.6) is 0 Å². The predicted octanol–water partition coefficient (Wildman–Crippen LogP) is 1.35. The van der Waals surface area contributed by atoms with Gasteiger partial charge in [-0.25, -0.2) is 4.98 Å². The quantitative estimate of drug-likeness (QED) is 0.723. The minimum Gasteiger partial charge on any atom is -0.346 e. The van der Waals surface area contributed by atoms with Gasteiger partial charge in [0.2, 0.25) is 5.95 Å². The van der Waals surface area contributed by atoms with Gasteiger partial charge in [-0.2, -0.15) is 0 Å². The summed E-state index contributed by atoms with van der Waals surface area (Å²) in [5.41, 5.74) is 0.959. The van der Waals surface area contributed by atoms with Crippen LogP contribution < -0.4 is 4.90 Å². The monoisotopic (exact) mass is 394 g/mol. The van der Waals surface area contributed by atoms with Crippen molar-refractivity contribution in [3.63, 3.8) is 0 Å². The summed E-state index contributed by atoms with van der Waals surface area (Å²) in [7, 11) is 5.73. The molecule has 0 amide bonds. The standard InChI is InChI=1S/C11H13N4.Ir/c1-14(2)11-12-10(15(3)13-11)9-7-5-4-6-8-9;/h4-7H,1-3H3;/q-1;. The van der Waals surface area contributed by atoms with E-state index >= 15 is 0 Å². The third kappa shape index (κ3) is 2.49. The summed E-state index contributed by atoms with van der Waals surface area (Å²) in [5, 5.41) is 4.30. The Balaban J connectivity index is 0.00000128. The average molecular weight is 393 g/mol. The molecule has 0 bridgehead atoms. The molecule has 0 aliphatic carbocycles. The predicted molar refractivity (Wildman–Crippen MR) is 59.6 cm³/mol. The first-order valence-electron chi connectivity index (χ1n) is 4.74. The molecule has 4 nitrogen and oxygen atoms in total.